The van der Waals surface area contributed by atoms with Gasteiger partial charge in [0.25, 0.3) is 5.91 Å². The number of hydrogen-bond acceptors (Lipinski definition) is 5. The van der Waals surface area contributed by atoms with Crippen LogP contribution < -0.4 is 16.0 Å². The van der Waals surface area contributed by atoms with Crippen LogP contribution in [0.5, 0.6) is 0 Å². The minimum Gasteiger partial charge on any atom is -0.370 e. The Bertz CT molecular complexity index is 867. The van der Waals surface area contributed by atoms with Crippen LogP contribution in [0.4, 0.5) is 37.7 Å². The molecule has 7 nitrogen and oxygen atoms in total. The lowest BCUT2D eigenvalue weighted by molar-refractivity contribution is -0.156. The van der Waals surface area contributed by atoms with E-state index < -0.39 is 60.0 Å². The number of rotatable bonds is 7. The van der Waals surface area contributed by atoms with E-state index in [0.717, 1.165) is 15.9 Å². The number of benzene rings is 1. The number of nitrogens with one attached hydrogen (secondary N) is 1. The van der Waals surface area contributed by atoms with Crippen LogP contribution in [-0.4, -0.2) is 68.3 Å². The Labute approximate surface area is 193 Å². The van der Waals surface area contributed by atoms with Crippen LogP contribution in [0.2, 0.25) is 0 Å². The summed E-state index contributed by atoms with van der Waals surface area (Å²) in [4.78, 5) is 26.7. The van der Waals surface area contributed by atoms with E-state index in [9.17, 15) is 35.9 Å². The highest BCUT2D eigenvalue weighted by Gasteiger charge is 2.39. The van der Waals surface area contributed by atoms with Crippen molar-refractivity contribution in [3.8, 4) is 0 Å². The van der Waals surface area contributed by atoms with Crippen LogP contribution in [-0.2, 0) is 20.5 Å². The monoisotopic (exact) mass is 498 g/mol. The minimum atomic E-state index is -4.91. The van der Waals surface area contributed by atoms with Crippen LogP contribution in [0, 0.1) is 5.41 Å². The molecule has 13 heteroatoms. The van der Waals surface area contributed by atoms with E-state index in [1.165, 1.54) is 6.07 Å². The Morgan fingerprint density at radius 3 is 2.32 bits per heavy atom. The maximum atomic E-state index is 13.8. The standard InChI is InChI=1S/C21H28F6N4O3/c1-19(2,3)11-30(12-20(22,23)24)16(9-28)18(33)29-15-5-4-13(8-14(15)21(25,26)27)31-6-7-34-10-17(31)32/h4-5,8,16H,6-7,9-12,28H2,1-3H3,(H,29,33)/t16-/m1/s1. The van der Waals surface area contributed by atoms with E-state index in [1.807, 2.05) is 0 Å². The Morgan fingerprint density at radius 1 is 1.18 bits per heavy atom. The average molecular weight is 498 g/mol. The minimum absolute atomic E-state index is 0.0413. The molecule has 0 aliphatic carbocycles. The molecular formula is C21H28F6N4O3. The molecule has 0 unspecified atom stereocenters. The van der Waals surface area contributed by atoms with Gasteiger partial charge in [-0.05, 0) is 23.6 Å². The summed E-state index contributed by atoms with van der Waals surface area (Å²) < 4.78 is 85.7. The van der Waals surface area contributed by atoms with Crippen molar-refractivity contribution < 1.29 is 40.7 Å². The second-order valence-corrected chi connectivity index (χ2v) is 9.15. The third-order valence-corrected chi connectivity index (χ3v) is 4.89. The molecule has 0 aromatic heterocycles. The maximum Gasteiger partial charge on any atom is 0.418 e. The molecule has 1 aromatic carbocycles. The number of alkyl halides is 6. The van der Waals surface area contributed by atoms with Gasteiger partial charge in [-0.1, -0.05) is 20.8 Å². The van der Waals surface area contributed by atoms with Gasteiger partial charge >= 0.3 is 12.4 Å². The summed E-state index contributed by atoms with van der Waals surface area (Å²) in [7, 11) is 0. The molecule has 0 radical (unpaired) electrons. The van der Waals surface area contributed by atoms with Crippen LogP contribution in [0.3, 0.4) is 0 Å². The highest BCUT2D eigenvalue weighted by molar-refractivity contribution is 5.98. The zero-order valence-electron chi connectivity index (χ0n) is 19.0. The first kappa shape index (κ1) is 27.9. The summed E-state index contributed by atoms with van der Waals surface area (Å²) in [5.74, 6) is -1.62. The molecule has 3 N–H and O–H groups in total. The van der Waals surface area contributed by atoms with Gasteiger partial charge in [-0.2, -0.15) is 26.3 Å². The number of anilines is 2. The molecule has 1 saturated heterocycles. The zero-order valence-corrected chi connectivity index (χ0v) is 19.0. The molecule has 1 heterocycles. The second-order valence-electron chi connectivity index (χ2n) is 9.15. The molecule has 1 atom stereocenters. The van der Waals surface area contributed by atoms with Gasteiger partial charge < -0.3 is 20.7 Å². The summed E-state index contributed by atoms with van der Waals surface area (Å²) in [5.41, 5.74) is 2.99. The fourth-order valence-electron chi connectivity index (χ4n) is 3.59. The summed E-state index contributed by atoms with van der Waals surface area (Å²) in [6.45, 7) is 2.74. The number of amides is 2. The summed E-state index contributed by atoms with van der Waals surface area (Å²) in [6.07, 6.45) is -9.56. The van der Waals surface area contributed by atoms with E-state index in [-0.39, 0.29) is 32.0 Å². The van der Waals surface area contributed by atoms with Crippen LogP contribution >= 0.6 is 0 Å². The Balaban J connectivity index is 2.36. The number of morpholine rings is 1. The zero-order chi connectivity index (χ0) is 25.9. The number of ether oxygens (including phenoxy) is 1. The molecule has 0 spiro atoms. The Kier molecular flexibility index (Phi) is 8.59. The second kappa shape index (κ2) is 10.5. The van der Waals surface area contributed by atoms with Gasteiger partial charge in [-0.25, -0.2) is 0 Å². The van der Waals surface area contributed by atoms with Crippen LogP contribution in [0.1, 0.15) is 26.3 Å². The maximum absolute atomic E-state index is 13.8. The smallest absolute Gasteiger partial charge is 0.370 e. The lowest BCUT2D eigenvalue weighted by Crippen LogP contribution is -2.54. The SMILES string of the molecule is CC(C)(C)CN(CC(F)(F)F)[C@H](CN)C(=O)Nc1ccc(N2CCOCC2=O)cc1C(F)(F)F. The van der Waals surface area contributed by atoms with Gasteiger partial charge in [0.1, 0.15) is 12.6 Å². The Hall–Kier alpha value is -2.38. The van der Waals surface area contributed by atoms with Gasteiger partial charge in [-0.3, -0.25) is 14.5 Å². The van der Waals surface area contributed by atoms with Gasteiger partial charge in [0, 0.05) is 25.3 Å². The predicted molar refractivity (Wildman–Crippen MR) is 113 cm³/mol. The Morgan fingerprint density at radius 2 is 1.82 bits per heavy atom. The quantitative estimate of drug-likeness (QED) is 0.564. The normalized spacial score (nSPS) is 16.7. The lowest BCUT2D eigenvalue weighted by atomic mass is 9.95. The lowest BCUT2D eigenvalue weighted by Gasteiger charge is -2.35. The first-order valence-corrected chi connectivity index (χ1v) is 10.4. The van der Waals surface area contributed by atoms with Crippen molar-refractivity contribution in [2.45, 2.75) is 39.2 Å². The van der Waals surface area contributed by atoms with Crippen LogP contribution in [0.25, 0.3) is 0 Å². The molecule has 34 heavy (non-hydrogen) atoms. The first-order valence-electron chi connectivity index (χ1n) is 10.4. The molecule has 1 aliphatic rings. The third-order valence-electron chi connectivity index (χ3n) is 4.89. The number of halogens is 6. The highest BCUT2D eigenvalue weighted by atomic mass is 19.4. The van der Waals surface area contributed by atoms with Gasteiger partial charge in [0.2, 0.25) is 5.91 Å². The molecule has 192 valence electrons. The number of nitrogens with zero attached hydrogens (tertiary/aromatic N) is 2. The summed E-state index contributed by atoms with van der Waals surface area (Å²) >= 11 is 0. The highest BCUT2D eigenvalue weighted by Crippen LogP contribution is 2.38. The van der Waals surface area contributed by atoms with E-state index in [0.29, 0.717) is 6.07 Å². The summed E-state index contributed by atoms with van der Waals surface area (Å²) in [5, 5.41) is 2.09. The largest absolute Gasteiger partial charge is 0.418 e. The molecule has 1 fully saturated rings. The fraction of sp³-hybridized carbons (Fsp3) is 0.619. The van der Waals surface area contributed by atoms with Crippen molar-refractivity contribution in [3.05, 3.63) is 23.8 Å². The fourth-order valence-corrected chi connectivity index (χ4v) is 3.59. The van der Waals surface area contributed by atoms with E-state index in [4.69, 9.17) is 10.5 Å². The molecule has 1 aromatic rings. The van der Waals surface area contributed by atoms with Gasteiger partial charge in [-0.15, -0.1) is 0 Å². The number of carbonyl (C=O) groups excluding carboxylic acids is 2. The summed E-state index contributed by atoms with van der Waals surface area (Å²) in [6, 6.07) is 1.36. The molecular weight excluding hydrogens is 470 g/mol. The average Bonchev–Trinajstić information content (AvgIpc) is 2.66. The third kappa shape index (κ3) is 7.84. The van der Waals surface area contributed by atoms with E-state index >= 15 is 0 Å². The van der Waals surface area contributed by atoms with E-state index in [2.05, 4.69) is 5.32 Å². The molecule has 0 saturated carbocycles. The van der Waals surface area contributed by atoms with Gasteiger partial charge in [0.05, 0.1) is 24.4 Å². The molecule has 1 aliphatic heterocycles. The number of carbonyl (C=O) groups is 2. The van der Waals surface area contributed by atoms with Crippen molar-refractivity contribution in [1.29, 1.82) is 0 Å². The van der Waals surface area contributed by atoms with Crippen LogP contribution in [0.15, 0.2) is 18.2 Å². The van der Waals surface area contributed by atoms with Crippen molar-refractivity contribution in [1.82, 2.24) is 4.90 Å². The number of hydrogen-bond donors (Lipinski definition) is 2. The number of nitrogens with two attached hydrogens (primary N) is 1. The predicted octanol–water partition coefficient (Wildman–Crippen LogP) is 3.24. The van der Waals surface area contributed by atoms with Crippen molar-refractivity contribution >= 4 is 23.2 Å². The van der Waals surface area contributed by atoms with E-state index in [1.54, 1.807) is 20.8 Å². The van der Waals surface area contributed by atoms with Crippen molar-refractivity contribution in [2.75, 3.05) is 49.6 Å². The van der Waals surface area contributed by atoms with Crippen molar-refractivity contribution in [3.63, 3.8) is 0 Å². The van der Waals surface area contributed by atoms with Gasteiger partial charge in [0.15, 0.2) is 0 Å². The topological polar surface area (TPSA) is 87.9 Å². The first-order chi connectivity index (χ1) is 15.5. The van der Waals surface area contributed by atoms with Crippen molar-refractivity contribution in [2.24, 2.45) is 11.1 Å². The molecule has 2 rings (SSSR count). The molecule has 0 bridgehead atoms. The molecule has 2 amide bonds.